The van der Waals surface area contributed by atoms with Crippen LogP contribution in [0, 0.1) is 0 Å². The molecule has 1 aromatic heterocycles. The molecule has 68 valence electrons. The molecule has 0 bridgehead atoms. The van der Waals surface area contributed by atoms with Crippen molar-refractivity contribution in [3.05, 3.63) is 16.1 Å². The van der Waals surface area contributed by atoms with E-state index in [1.807, 2.05) is 12.4 Å². The molecule has 4 heteroatoms. The molecule has 0 aliphatic rings. The highest BCUT2D eigenvalue weighted by molar-refractivity contribution is 7.09. The van der Waals surface area contributed by atoms with Crippen molar-refractivity contribution in [1.82, 2.24) is 10.3 Å². The Morgan fingerprint density at radius 3 is 3.08 bits per heavy atom. The Bertz CT molecular complexity index is 225. The van der Waals surface area contributed by atoms with Crippen LogP contribution < -0.4 is 5.32 Å². The summed E-state index contributed by atoms with van der Waals surface area (Å²) in [6.45, 7) is 0.555. The monoisotopic (exact) mass is 188 g/mol. The summed E-state index contributed by atoms with van der Waals surface area (Å²) < 4.78 is 12.1. The molecule has 0 saturated heterocycles. The first-order valence-electron chi connectivity index (χ1n) is 4.00. The SMILES string of the molecule is CNCCCc1csc(CF)n1. The van der Waals surface area contributed by atoms with Crippen LogP contribution in [0.4, 0.5) is 4.39 Å². The normalized spacial score (nSPS) is 10.5. The maximum absolute atomic E-state index is 12.1. The molecule has 0 radical (unpaired) electrons. The van der Waals surface area contributed by atoms with Crippen LogP contribution in [0.25, 0.3) is 0 Å². The van der Waals surface area contributed by atoms with Gasteiger partial charge in [0.2, 0.25) is 0 Å². The first-order valence-corrected chi connectivity index (χ1v) is 4.88. The average Bonchev–Trinajstić information content (AvgIpc) is 2.53. The minimum absolute atomic E-state index is 0.434. The lowest BCUT2D eigenvalue weighted by atomic mass is 10.2. The summed E-state index contributed by atoms with van der Waals surface area (Å²) in [5.74, 6) is 0. The zero-order valence-electron chi connectivity index (χ0n) is 7.14. The fourth-order valence-corrected chi connectivity index (χ4v) is 1.65. The van der Waals surface area contributed by atoms with Gasteiger partial charge in [0, 0.05) is 5.38 Å². The van der Waals surface area contributed by atoms with Crippen molar-refractivity contribution in [3.63, 3.8) is 0 Å². The van der Waals surface area contributed by atoms with Crippen LogP contribution in [0.5, 0.6) is 0 Å². The van der Waals surface area contributed by atoms with Gasteiger partial charge in [-0.2, -0.15) is 0 Å². The number of thiazole rings is 1. The topological polar surface area (TPSA) is 24.9 Å². The third kappa shape index (κ3) is 2.87. The maximum Gasteiger partial charge on any atom is 0.141 e. The molecule has 0 spiro atoms. The maximum atomic E-state index is 12.1. The zero-order chi connectivity index (χ0) is 8.81. The molecule has 1 aromatic rings. The van der Waals surface area contributed by atoms with E-state index in [2.05, 4.69) is 10.3 Å². The molecule has 0 aliphatic carbocycles. The second-order valence-electron chi connectivity index (χ2n) is 2.57. The van der Waals surface area contributed by atoms with Gasteiger partial charge in [0.15, 0.2) is 0 Å². The number of aromatic nitrogens is 1. The van der Waals surface area contributed by atoms with Crippen LogP contribution >= 0.6 is 11.3 Å². The highest BCUT2D eigenvalue weighted by Crippen LogP contribution is 2.11. The Morgan fingerprint density at radius 1 is 1.67 bits per heavy atom. The second-order valence-corrected chi connectivity index (χ2v) is 3.52. The third-order valence-electron chi connectivity index (χ3n) is 1.57. The number of halogens is 1. The molecule has 0 aliphatic heterocycles. The Morgan fingerprint density at radius 2 is 2.50 bits per heavy atom. The fourth-order valence-electron chi connectivity index (χ4n) is 0.971. The van der Waals surface area contributed by atoms with Gasteiger partial charge in [-0.1, -0.05) is 0 Å². The van der Waals surface area contributed by atoms with Gasteiger partial charge in [-0.15, -0.1) is 11.3 Å². The third-order valence-corrected chi connectivity index (χ3v) is 2.44. The standard InChI is InChI=1S/C8H13FN2S/c1-10-4-2-3-7-6-12-8(5-9)11-7/h6,10H,2-5H2,1H3. The molecular formula is C8H13FN2S. The van der Waals surface area contributed by atoms with Gasteiger partial charge in [0.25, 0.3) is 0 Å². The van der Waals surface area contributed by atoms with Crippen LogP contribution in [0.3, 0.4) is 0 Å². The van der Waals surface area contributed by atoms with Crippen molar-refractivity contribution in [2.45, 2.75) is 19.5 Å². The zero-order valence-corrected chi connectivity index (χ0v) is 7.96. The van der Waals surface area contributed by atoms with Crippen molar-refractivity contribution >= 4 is 11.3 Å². The molecule has 0 aromatic carbocycles. The van der Waals surface area contributed by atoms with E-state index < -0.39 is 6.67 Å². The van der Waals surface area contributed by atoms with E-state index in [0.717, 1.165) is 25.1 Å². The molecule has 0 amide bonds. The van der Waals surface area contributed by atoms with Crippen LogP contribution in [-0.4, -0.2) is 18.6 Å². The van der Waals surface area contributed by atoms with Crippen molar-refractivity contribution in [1.29, 1.82) is 0 Å². The van der Waals surface area contributed by atoms with Gasteiger partial charge in [-0.05, 0) is 26.4 Å². The van der Waals surface area contributed by atoms with Gasteiger partial charge in [0.1, 0.15) is 11.7 Å². The number of aryl methyl sites for hydroxylation is 1. The summed E-state index contributed by atoms with van der Waals surface area (Å²) in [6, 6.07) is 0. The molecule has 1 heterocycles. The highest BCUT2D eigenvalue weighted by atomic mass is 32.1. The van der Waals surface area contributed by atoms with Gasteiger partial charge in [0.05, 0.1) is 5.69 Å². The van der Waals surface area contributed by atoms with E-state index in [1.165, 1.54) is 11.3 Å². The first kappa shape index (κ1) is 9.61. The molecule has 0 unspecified atom stereocenters. The minimum Gasteiger partial charge on any atom is -0.320 e. The van der Waals surface area contributed by atoms with Crippen LogP contribution in [0.2, 0.25) is 0 Å². The number of hydrogen-bond donors (Lipinski definition) is 1. The molecule has 0 saturated carbocycles. The van der Waals surface area contributed by atoms with Crippen molar-refractivity contribution in [2.24, 2.45) is 0 Å². The predicted octanol–water partition coefficient (Wildman–Crippen LogP) is 1.76. The molecule has 1 rings (SSSR count). The summed E-state index contributed by atoms with van der Waals surface area (Å²) >= 11 is 1.40. The molecule has 2 nitrogen and oxygen atoms in total. The number of nitrogens with one attached hydrogen (secondary N) is 1. The van der Waals surface area contributed by atoms with Crippen molar-refractivity contribution in [3.8, 4) is 0 Å². The lowest BCUT2D eigenvalue weighted by Gasteiger charge is -1.95. The van der Waals surface area contributed by atoms with Gasteiger partial charge >= 0.3 is 0 Å². The smallest absolute Gasteiger partial charge is 0.141 e. The van der Waals surface area contributed by atoms with Crippen LogP contribution in [0.15, 0.2) is 5.38 Å². The van der Waals surface area contributed by atoms with Gasteiger partial charge in [-0.25, -0.2) is 9.37 Å². The van der Waals surface area contributed by atoms with E-state index in [1.54, 1.807) is 0 Å². The number of nitrogens with zero attached hydrogens (tertiary/aromatic N) is 1. The summed E-state index contributed by atoms with van der Waals surface area (Å²) in [5, 5.41) is 5.59. The van der Waals surface area contributed by atoms with Crippen molar-refractivity contribution in [2.75, 3.05) is 13.6 Å². The Hall–Kier alpha value is -0.480. The Kier molecular flexibility index (Phi) is 4.18. The van der Waals surface area contributed by atoms with Crippen LogP contribution in [-0.2, 0) is 13.1 Å². The molecule has 12 heavy (non-hydrogen) atoms. The molecule has 0 atom stereocenters. The molecule has 1 N–H and O–H groups in total. The minimum atomic E-state index is -0.434. The fraction of sp³-hybridized carbons (Fsp3) is 0.625. The van der Waals surface area contributed by atoms with Crippen LogP contribution in [0.1, 0.15) is 17.1 Å². The Balaban J connectivity index is 2.31. The lowest BCUT2D eigenvalue weighted by molar-refractivity contribution is 0.482. The summed E-state index contributed by atoms with van der Waals surface area (Å²) in [5.41, 5.74) is 1.02. The molecular weight excluding hydrogens is 175 g/mol. The second kappa shape index (κ2) is 5.22. The molecule has 0 fully saturated rings. The van der Waals surface area contributed by atoms with Crippen molar-refractivity contribution < 1.29 is 4.39 Å². The van der Waals surface area contributed by atoms with E-state index in [0.29, 0.717) is 5.01 Å². The largest absolute Gasteiger partial charge is 0.320 e. The van der Waals surface area contributed by atoms with E-state index in [9.17, 15) is 4.39 Å². The number of alkyl halides is 1. The van der Waals surface area contributed by atoms with E-state index in [-0.39, 0.29) is 0 Å². The average molecular weight is 188 g/mol. The van der Waals surface area contributed by atoms with Gasteiger partial charge < -0.3 is 5.32 Å². The number of hydrogen-bond acceptors (Lipinski definition) is 3. The van der Waals surface area contributed by atoms with E-state index in [4.69, 9.17) is 0 Å². The summed E-state index contributed by atoms with van der Waals surface area (Å²) in [6.07, 6.45) is 2.00. The van der Waals surface area contributed by atoms with E-state index >= 15 is 0 Å². The van der Waals surface area contributed by atoms with Gasteiger partial charge in [-0.3, -0.25) is 0 Å². The summed E-state index contributed by atoms with van der Waals surface area (Å²) in [7, 11) is 1.92. The quantitative estimate of drug-likeness (QED) is 0.712. The Labute approximate surface area is 75.8 Å². The predicted molar refractivity (Wildman–Crippen MR) is 49.2 cm³/mol. The highest BCUT2D eigenvalue weighted by Gasteiger charge is 2.00. The number of rotatable bonds is 5. The lowest BCUT2D eigenvalue weighted by Crippen LogP contribution is -2.08. The summed E-state index contributed by atoms with van der Waals surface area (Å²) in [4.78, 5) is 4.12. The first-order chi connectivity index (χ1) is 5.86.